The zero-order valence-corrected chi connectivity index (χ0v) is 40.4. The number of hydrogen-bond donors (Lipinski definition) is 4. The van der Waals surface area contributed by atoms with Crippen LogP contribution in [0.25, 0.3) is 0 Å². The largest absolute Gasteiger partial charge is 0.487 e. The van der Waals surface area contributed by atoms with Crippen LogP contribution in [0.1, 0.15) is 79.0 Å². The van der Waals surface area contributed by atoms with Crippen LogP contribution >= 0.6 is 12.2 Å². The lowest BCUT2D eigenvalue weighted by Gasteiger charge is -2.22. The zero-order valence-electron chi connectivity index (χ0n) is 39.6. The van der Waals surface area contributed by atoms with E-state index in [2.05, 4.69) is 32.9 Å². The molecule has 376 valence electrons. The van der Waals surface area contributed by atoms with E-state index < -0.39 is 90.9 Å². The smallest absolute Gasteiger partial charge is 0.408 e. The third-order valence-corrected chi connectivity index (χ3v) is 7.64. The molecule has 3 atom stereocenters. The van der Waals surface area contributed by atoms with Crippen molar-refractivity contribution < 1.29 is 80.5 Å². The van der Waals surface area contributed by atoms with Crippen LogP contribution in [0.2, 0.25) is 0 Å². The predicted molar refractivity (Wildman–Crippen MR) is 247 cm³/mol. The number of esters is 3. The summed E-state index contributed by atoms with van der Waals surface area (Å²) in [7, 11) is 0. The van der Waals surface area contributed by atoms with Crippen LogP contribution in [-0.4, -0.2) is 108 Å². The van der Waals surface area contributed by atoms with Gasteiger partial charge in [0.1, 0.15) is 48.8 Å². The molecule has 0 radical (unpaired) electrons. The van der Waals surface area contributed by atoms with E-state index in [0.717, 1.165) is 22.2 Å². The van der Waals surface area contributed by atoms with Gasteiger partial charge in [0.15, 0.2) is 18.1 Å². The maximum Gasteiger partial charge on any atom is 0.408 e. The van der Waals surface area contributed by atoms with Crippen molar-refractivity contribution in [1.82, 2.24) is 16.0 Å². The SMILES string of the molecule is CC(C)(C)OC(=O)N[C@@H](CO)C(=O)OCc1ccccc1.CC(C)(C)OC(=O)N[C@@H](COC(F)F)C(=O)OCc1ccccc1.CC(C)(C)OC(=O)N[C@@H](COC=S)C(=O)OCc1ccccc1. The van der Waals surface area contributed by atoms with E-state index in [1.165, 1.54) is 0 Å². The second-order valence-corrected chi connectivity index (χ2v) is 17.3. The Morgan fingerprint density at radius 3 is 1.10 bits per heavy atom. The van der Waals surface area contributed by atoms with Crippen LogP contribution in [0, 0.1) is 0 Å². The summed E-state index contributed by atoms with van der Waals surface area (Å²) in [5, 5.41) is 16.0. The summed E-state index contributed by atoms with van der Waals surface area (Å²) in [5.41, 5.74) is 1.25. The number of thiocarbonyl (C=S) groups is 1. The number of carbonyl (C=O) groups excluding carboxylic acids is 6. The fraction of sp³-hybridized carbons (Fsp3) is 0.468. The number of ether oxygens (including phenoxy) is 8. The van der Waals surface area contributed by atoms with Gasteiger partial charge in [0.25, 0.3) is 0 Å². The van der Waals surface area contributed by atoms with Gasteiger partial charge in [-0.1, -0.05) is 91.0 Å². The fourth-order valence-corrected chi connectivity index (χ4v) is 4.74. The molecule has 0 saturated carbocycles. The molecular weight excluding hydrogens is 917 g/mol. The van der Waals surface area contributed by atoms with Crippen LogP contribution in [0.4, 0.5) is 23.2 Å². The van der Waals surface area contributed by atoms with Crippen molar-refractivity contribution in [2.24, 2.45) is 0 Å². The first-order valence-corrected chi connectivity index (χ1v) is 21.4. The summed E-state index contributed by atoms with van der Waals surface area (Å²) in [5.74, 6) is -2.24. The van der Waals surface area contributed by atoms with Gasteiger partial charge in [-0.05, 0) is 91.2 Å². The molecule has 0 bridgehead atoms. The monoisotopic (exact) mass is 979 g/mol. The minimum absolute atomic E-state index is 0.0547. The molecule has 0 saturated heterocycles. The lowest BCUT2D eigenvalue weighted by molar-refractivity contribution is -0.159. The lowest BCUT2D eigenvalue weighted by atomic mass is 10.2. The number of alkyl halides is 2. The fourth-order valence-electron chi connectivity index (χ4n) is 4.66. The Bertz CT molecular complexity index is 1980. The molecule has 3 amide bonds. The third-order valence-electron chi connectivity index (χ3n) is 7.50. The second-order valence-electron chi connectivity index (χ2n) is 17.1. The molecule has 0 aromatic heterocycles. The topological polar surface area (TPSA) is 233 Å². The number of benzene rings is 3. The molecule has 0 spiro atoms. The maximum absolute atomic E-state index is 12.2. The number of amides is 3. The number of carbonyl (C=O) groups is 6. The summed E-state index contributed by atoms with van der Waals surface area (Å²) in [4.78, 5) is 71.0. The normalized spacial score (nSPS) is 12.3. The molecule has 0 fully saturated rings. The van der Waals surface area contributed by atoms with Gasteiger partial charge >= 0.3 is 42.8 Å². The van der Waals surface area contributed by atoms with E-state index in [9.17, 15) is 37.5 Å². The molecule has 3 aromatic rings. The Kier molecular flexibility index (Phi) is 26.9. The van der Waals surface area contributed by atoms with Crippen LogP contribution in [0.5, 0.6) is 0 Å². The molecule has 21 heteroatoms. The first-order valence-electron chi connectivity index (χ1n) is 21.0. The Morgan fingerprint density at radius 2 is 0.824 bits per heavy atom. The van der Waals surface area contributed by atoms with E-state index >= 15 is 0 Å². The maximum atomic E-state index is 12.2. The molecule has 0 aliphatic rings. The van der Waals surface area contributed by atoms with Gasteiger partial charge in [-0.25, -0.2) is 28.8 Å². The highest BCUT2D eigenvalue weighted by molar-refractivity contribution is 7.78. The van der Waals surface area contributed by atoms with Crippen LogP contribution in [0.3, 0.4) is 0 Å². The average Bonchev–Trinajstić information content (AvgIpc) is 3.25. The molecular formula is C47H63F2N3O15S. The predicted octanol–water partition coefficient (Wildman–Crippen LogP) is 7.07. The van der Waals surface area contributed by atoms with E-state index in [1.54, 1.807) is 92.6 Å². The van der Waals surface area contributed by atoms with Crippen LogP contribution in [0.15, 0.2) is 91.0 Å². The van der Waals surface area contributed by atoms with Crippen molar-refractivity contribution in [3.8, 4) is 0 Å². The van der Waals surface area contributed by atoms with Crippen molar-refractivity contribution in [3.05, 3.63) is 108 Å². The first kappa shape index (κ1) is 59.6. The van der Waals surface area contributed by atoms with Crippen molar-refractivity contribution in [3.63, 3.8) is 0 Å². The number of aliphatic hydroxyl groups is 1. The number of nitrogens with one attached hydrogen (secondary N) is 3. The highest BCUT2D eigenvalue weighted by atomic mass is 32.1. The quantitative estimate of drug-likeness (QED) is 0.0534. The third kappa shape index (κ3) is 30.0. The average molecular weight is 980 g/mol. The summed E-state index contributed by atoms with van der Waals surface area (Å²) in [6, 6.07) is 23.6. The summed E-state index contributed by atoms with van der Waals surface area (Å²) < 4.78 is 63.8. The van der Waals surface area contributed by atoms with Gasteiger partial charge < -0.3 is 59.0 Å². The highest BCUT2D eigenvalue weighted by Gasteiger charge is 2.29. The van der Waals surface area contributed by atoms with Gasteiger partial charge in [-0.2, -0.15) is 8.78 Å². The zero-order chi connectivity index (χ0) is 51.3. The van der Waals surface area contributed by atoms with Crippen LogP contribution < -0.4 is 16.0 Å². The van der Waals surface area contributed by atoms with Gasteiger partial charge in [0, 0.05) is 0 Å². The molecule has 3 aromatic carbocycles. The van der Waals surface area contributed by atoms with Crippen LogP contribution in [-0.2, 0) is 72.1 Å². The molecule has 0 aliphatic heterocycles. The summed E-state index contributed by atoms with van der Waals surface area (Å²) >= 11 is 4.56. The molecule has 4 N–H and O–H groups in total. The van der Waals surface area contributed by atoms with Gasteiger partial charge in [-0.15, -0.1) is 0 Å². The second kappa shape index (κ2) is 30.8. The molecule has 18 nitrogen and oxygen atoms in total. The number of halogens is 2. The summed E-state index contributed by atoms with van der Waals surface area (Å²) in [6.07, 6.45) is -2.44. The number of alkyl carbamates (subject to hydrolysis) is 3. The Labute approximate surface area is 400 Å². The van der Waals surface area contributed by atoms with E-state index in [0.29, 0.717) is 0 Å². The van der Waals surface area contributed by atoms with Crippen molar-refractivity contribution in [1.29, 1.82) is 0 Å². The van der Waals surface area contributed by atoms with Crippen molar-refractivity contribution >= 4 is 54.0 Å². The molecule has 0 heterocycles. The Hall–Kier alpha value is -6.45. The van der Waals surface area contributed by atoms with Gasteiger partial charge in [0.2, 0.25) is 0 Å². The standard InChI is InChI=1S/C16H21F2NO5.C16H21NO5S.C15H21NO5/c1-16(2,3)24-15(21)19-12(10-23-14(17)18)13(20)22-9-11-7-5-4-6-8-11;1-16(2,3)22-15(19)17-13(10-20-11-23)14(18)21-9-12-7-5-4-6-8-12;1-15(2,3)21-14(19)16-12(9-17)13(18)20-10-11-7-5-4-6-8-11/h4-8,12,14H,9-10H2,1-3H3,(H,19,21);4-8,11,13H,9-10H2,1-3H3,(H,17,19);4-8,12,17H,9-10H2,1-3H3,(H,16,19)/t12-;13-;12-/m000/s1. The van der Waals surface area contributed by atoms with E-state index in [1.807, 2.05) is 60.7 Å². The number of hydrogen-bond acceptors (Lipinski definition) is 16. The summed E-state index contributed by atoms with van der Waals surface area (Å²) in [6.45, 7) is 10.8. The number of rotatable bonds is 19. The molecule has 3 rings (SSSR count). The molecule has 0 aliphatic carbocycles. The first-order chi connectivity index (χ1) is 31.8. The van der Waals surface area contributed by atoms with Gasteiger partial charge in [-0.3, -0.25) is 0 Å². The molecule has 68 heavy (non-hydrogen) atoms. The molecule has 0 unspecified atom stereocenters. The van der Waals surface area contributed by atoms with Crippen molar-refractivity contribution in [2.75, 3.05) is 19.8 Å². The number of aliphatic hydroxyl groups excluding tert-OH is 1. The Balaban J connectivity index is 0.000000511. The minimum Gasteiger partial charge on any atom is -0.487 e. The van der Waals surface area contributed by atoms with Gasteiger partial charge in [0.05, 0.1) is 13.2 Å². The Morgan fingerprint density at radius 1 is 0.529 bits per heavy atom. The minimum atomic E-state index is -3.07. The highest BCUT2D eigenvalue weighted by Crippen LogP contribution is 2.11. The lowest BCUT2D eigenvalue weighted by Crippen LogP contribution is -2.47. The van der Waals surface area contributed by atoms with E-state index in [-0.39, 0.29) is 26.4 Å². The van der Waals surface area contributed by atoms with Crippen molar-refractivity contribution in [2.45, 2.75) is 124 Å². The van der Waals surface area contributed by atoms with E-state index in [4.69, 9.17) is 38.3 Å².